The first kappa shape index (κ1) is 11.2. The topological polar surface area (TPSA) is 74.5 Å². The van der Waals surface area contributed by atoms with Gasteiger partial charge in [0.25, 0.3) is 0 Å². The van der Waals surface area contributed by atoms with Crippen LogP contribution in [0.1, 0.15) is 12.8 Å². The summed E-state index contributed by atoms with van der Waals surface area (Å²) in [4.78, 5) is 15.5. The number of nitrogens with zero attached hydrogens (tertiary/aromatic N) is 2. The summed E-state index contributed by atoms with van der Waals surface area (Å²) >= 11 is 6.17. The summed E-state index contributed by atoms with van der Waals surface area (Å²) < 4.78 is 0. The molecule has 5 nitrogen and oxygen atoms in total. The Kier molecular flexibility index (Phi) is 3.01. The molecule has 86 valence electrons. The highest BCUT2D eigenvalue weighted by molar-refractivity contribution is 6.33. The van der Waals surface area contributed by atoms with Gasteiger partial charge in [0.1, 0.15) is 0 Å². The lowest BCUT2D eigenvalue weighted by Gasteiger charge is -2.20. The van der Waals surface area contributed by atoms with E-state index in [2.05, 4.69) is 21.4 Å². The fourth-order valence-corrected chi connectivity index (χ4v) is 2.90. The predicted octanol–water partition coefficient (Wildman–Crippen LogP) is 1.49. The van der Waals surface area contributed by atoms with Gasteiger partial charge in [0.05, 0.1) is 23.1 Å². The second-order valence-electron chi connectivity index (χ2n) is 4.12. The molecule has 0 radical (unpaired) electrons. The van der Waals surface area contributed by atoms with Gasteiger partial charge in [-0.25, -0.2) is 4.79 Å². The first-order chi connectivity index (χ1) is 7.67. The van der Waals surface area contributed by atoms with Crippen molar-refractivity contribution in [3.05, 3.63) is 0 Å². The molecular weight excluding hydrogens is 230 g/mol. The Bertz CT molecular complexity index is 377. The summed E-state index contributed by atoms with van der Waals surface area (Å²) in [5.41, 5.74) is 0.646. The minimum atomic E-state index is -0.618. The van der Waals surface area contributed by atoms with Crippen LogP contribution in [0.3, 0.4) is 0 Å². The summed E-state index contributed by atoms with van der Waals surface area (Å²) in [5.74, 6) is 0.317. The monoisotopic (exact) mass is 241 g/mol. The van der Waals surface area contributed by atoms with Crippen molar-refractivity contribution >= 4 is 23.4 Å². The molecule has 2 saturated carbocycles. The Hall–Kier alpha value is -1.28. The van der Waals surface area contributed by atoms with E-state index in [9.17, 15) is 4.79 Å². The second kappa shape index (κ2) is 4.30. The van der Waals surface area contributed by atoms with E-state index in [1.807, 2.05) is 0 Å². The maximum Gasteiger partial charge on any atom is 0.433 e. The van der Waals surface area contributed by atoms with E-state index in [0.717, 1.165) is 12.8 Å². The van der Waals surface area contributed by atoms with Gasteiger partial charge in [-0.15, -0.1) is 11.6 Å². The van der Waals surface area contributed by atoms with Crippen molar-refractivity contribution in [2.24, 2.45) is 22.9 Å². The van der Waals surface area contributed by atoms with Crippen molar-refractivity contribution in [3.8, 4) is 6.07 Å². The zero-order valence-electron chi connectivity index (χ0n) is 8.81. The fraction of sp³-hybridized carbons (Fsp3) is 0.700. The lowest BCUT2D eigenvalue weighted by Crippen LogP contribution is -2.29. The molecule has 0 aromatic carbocycles. The molecule has 6 heteroatoms. The average molecular weight is 242 g/mol. The lowest BCUT2D eigenvalue weighted by molar-refractivity contribution is 0.152. The largest absolute Gasteiger partial charge is 0.433 e. The molecule has 2 aliphatic rings. The molecule has 2 bridgehead atoms. The molecule has 1 N–H and O–H groups in total. The standard InChI is InChI=1S/C10H12ClN3O2/c1-13-10(15)16-14-9-7-3-5(8(9)11)2-6(7)4-12/h5-8H,2-3H2,1H3,(H,13,15)/t5?,6-,7?,8+/m1/s1. The molecule has 16 heavy (non-hydrogen) atoms. The molecule has 2 rings (SSSR count). The van der Waals surface area contributed by atoms with Crippen LogP contribution in [-0.4, -0.2) is 24.2 Å². The maximum absolute atomic E-state index is 10.9. The molecular formula is C10H12ClN3O2. The van der Waals surface area contributed by atoms with Gasteiger partial charge < -0.3 is 5.32 Å². The van der Waals surface area contributed by atoms with Crippen molar-refractivity contribution < 1.29 is 9.63 Å². The van der Waals surface area contributed by atoms with Gasteiger partial charge in [0.2, 0.25) is 0 Å². The van der Waals surface area contributed by atoms with Crippen molar-refractivity contribution in [3.63, 3.8) is 0 Å². The van der Waals surface area contributed by atoms with E-state index >= 15 is 0 Å². The Morgan fingerprint density at radius 1 is 1.69 bits per heavy atom. The summed E-state index contributed by atoms with van der Waals surface area (Å²) in [6.07, 6.45) is 1.09. The molecule has 2 unspecified atom stereocenters. The van der Waals surface area contributed by atoms with Crippen LogP contribution in [0, 0.1) is 29.1 Å². The Balaban J connectivity index is 2.10. The normalized spacial score (nSPS) is 38.4. The van der Waals surface area contributed by atoms with Crippen LogP contribution in [0.15, 0.2) is 5.16 Å². The number of nitrogens with one attached hydrogen (secondary N) is 1. The first-order valence-electron chi connectivity index (χ1n) is 5.17. The first-order valence-corrected chi connectivity index (χ1v) is 5.61. The molecule has 0 aromatic rings. The number of alkyl halides is 1. The number of amides is 1. The van der Waals surface area contributed by atoms with Crippen LogP contribution < -0.4 is 5.32 Å². The third-order valence-corrected chi connectivity index (χ3v) is 3.86. The number of fused-ring (bicyclic) bond motifs is 2. The van der Waals surface area contributed by atoms with E-state index in [1.165, 1.54) is 7.05 Å². The molecule has 2 aliphatic carbocycles. The van der Waals surface area contributed by atoms with Gasteiger partial charge in [0, 0.05) is 13.0 Å². The lowest BCUT2D eigenvalue weighted by atomic mass is 9.88. The Morgan fingerprint density at radius 2 is 2.44 bits per heavy atom. The molecule has 0 heterocycles. The minimum Gasteiger partial charge on any atom is -0.323 e. The molecule has 0 saturated heterocycles. The minimum absolute atomic E-state index is 0.0352. The molecule has 0 spiro atoms. The van der Waals surface area contributed by atoms with Gasteiger partial charge in [-0.3, -0.25) is 4.84 Å². The van der Waals surface area contributed by atoms with Gasteiger partial charge in [0.15, 0.2) is 0 Å². The van der Waals surface area contributed by atoms with E-state index in [0.29, 0.717) is 11.6 Å². The van der Waals surface area contributed by atoms with Crippen LogP contribution in [0.25, 0.3) is 0 Å². The number of rotatable bonds is 1. The van der Waals surface area contributed by atoms with Crippen LogP contribution in [0.2, 0.25) is 0 Å². The number of halogens is 1. The van der Waals surface area contributed by atoms with Gasteiger partial charge in [-0.1, -0.05) is 5.16 Å². The summed E-state index contributed by atoms with van der Waals surface area (Å²) in [7, 11) is 1.46. The average Bonchev–Trinajstić information content (AvgIpc) is 2.84. The molecule has 4 atom stereocenters. The van der Waals surface area contributed by atoms with Crippen LogP contribution in [0.5, 0.6) is 0 Å². The third-order valence-electron chi connectivity index (χ3n) is 3.28. The smallest absolute Gasteiger partial charge is 0.323 e. The zero-order valence-corrected chi connectivity index (χ0v) is 9.57. The molecule has 2 fully saturated rings. The van der Waals surface area contributed by atoms with Crippen molar-refractivity contribution in [2.45, 2.75) is 18.2 Å². The van der Waals surface area contributed by atoms with Crippen LogP contribution >= 0.6 is 11.6 Å². The number of hydrogen-bond acceptors (Lipinski definition) is 4. The van der Waals surface area contributed by atoms with Crippen molar-refractivity contribution in [2.75, 3.05) is 7.05 Å². The second-order valence-corrected chi connectivity index (χ2v) is 4.59. The van der Waals surface area contributed by atoms with Gasteiger partial charge in [-0.05, 0) is 18.8 Å². The van der Waals surface area contributed by atoms with Gasteiger partial charge in [-0.2, -0.15) is 5.26 Å². The number of carbonyl (C=O) groups is 1. The highest BCUT2D eigenvalue weighted by atomic mass is 35.5. The number of carbonyl (C=O) groups excluding carboxylic acids is 1. The number of hydrogen-bond donors (Lipinski definition) is 1. The highest BCUT2D eigenvalue weighted by Crippen LogP contribution is 2.48. The van der Waals surface area contributed by atoms with Crippen LogP contribution in [0.4, 0.5) is 4.79 Å². The number of nitriles is 1. The Labute approximate surface area is 98.4 Å². The Morgan fingerprint density at radius 3 is 3.00 bits per heavy atom. The fourth-order valence-electron chi connectivity index (χ4n) is 2.49. The third kappa shape index (κ3) is 1.74. The van der Waals surface area contributed by atoms with Crippen molar-refractivity contribution in [1.82, 2.24) is 5.32 Å². The molecule has 0 aromatic heterocycles. The zero-order chi connectivity index (χ0) is 11.7. The summed E-state index contributed by atoms with van der Waals surface area (Å²) in [5, 5.41) is 14.8. The molecule has 1 amide bonds. The molecule has 0 aliphatic heterocycles. The van der Waals surface area contributed by atoms with Crippen molar-refractivity contribution in [1.29, 1.82) is 5.26 Å². The van der Waals surface area contributed by atoms with E-state index in [-0.39, 0.29) is 17.2 Å². The maximum atomic E-state index is 10.9. The SMILES string of the molecule is CNC(=O)ON=C1C2CC(C[C@@H]2C#N)[C@@H]1Cl. The van der Waals surface area contributed by atoms with Gasteiger partial charge >= 0.3 is 6.09 Å². The van der Waals surface area contributed by atoms with E-state index < -0.39 is 6.09 Å². The summed E-state index contributed by atoms with van der Waals surface area (Å²) in [6, 6.07) is 2.25. The quantitative estimate of drug-likeness (QED) is 0.429. The predicted molar refractivity (Wildman–Crippen MR) is 57.9 cm³/mol. The van der Waals surface area contributed by atoms with E-state index in [1.54, 1.807) is 0 Å². The van der Waals surface area contributed by atoms with Crippen LogP contribution in [-0.2, 0) is 4.84 Å². The van der Waals surface area contributed by atoms with E-state index in [4.69, 9.17) is 16.9 Å². The highest BCUT2D eigenvalue weighted by Gasteiger charge is 2.50. The summed E-state index contributed by atoms with van der Waals surface area (Å²) in [6.45, 7) is 0. The number of oxime groups is 1.